The highest BCUT2D eigenvalue weighted by molar-refractivity contribution is 5.81. The fourth-order valence-electron chi connectivity index (χ4n) is 5.75. The molecule has 3 heteroatoms. The first-order valence-corrected chi connectivity index (χ1v) is 13.0. The zero-order chi connectivity index (χ0) is 27.0. The molecule has 4 rings (SSSR count). The van der Waals surface area contributed by atoms with Gasteiger partial charge in [0, 0.05) is 5.92 Å². The summed E-state index contributed by atoms with van der Waals surface area (Å²) in [6.45, 7) is 12.8. The summed E-state index contributed by atoms with van der Waals surface area (Å²) in [5.74, 6) is 0.218. The molecule has 37 heavy (non-hydrogen) atoms. The maximum Gasteiger partial charge on any atom is 0.133 e. The lowest BCUT2D eigenvalue weighted by Gasteiger charge is -2.37. The molecule has 0 radical (unpaired) electrons. The fraction of sp³-hybridized carbons (Fsp3) is 0.353. The van der Waals surface area contributed by atoms with E-state index < -0.39 is 0 Å². The van der Waals surface area contributed by atoms with E-state index in [9.17, 15) is 15.6 Å². The van der Waals surface area contributed by atoms with Crippen molar-refractivity contribution in [1.82, 2.24) is 0 Å². The Morgan fingerprint density at radius 2 is 1.35 bits per heavy atom. The Bertz CT molecular complexity index is 1370. The number of allylic oxidation sites excluding steroid dienone is 2. The van der Waals surface area contributed by atoms with E-state index in [4.69, 9.17) is 0 Å². The maximum atomic E-state index is 11.4. The fourth-order valence-corrected chi connectivity index (χ4v) is 5.75. The third kappa shape index (κ3) is 5.05. The molecule has 0 heterocycles. The van der Waals surface area contributed by atoms with Gasteiger partial charge in [-0.3, -0.25) is 0 Å². The van der Waals surface area contributed by atoms with Crippen molar-refractivity contribution in [2.24, 2.45) is 5.92 Å². The molecule has 0 aromatic heterocycles. The molecule has 3 aromatic rings. The van der Waals surface area contributed by atoms with Gasteiger partial charge >= 0.3 is 0 Å². The Hall–Kier alpha value is -3.82. The van der Waals surface area contributed by atoms with Crippen molar-refractivity contribution in [2.75, 3.05) is 0 Å². The van der Waals surface area contributed by atoms with Crippen molar-refractivity contribution in [1.29, 1.82) is 10.5 Å². The number of nitrogens with zero attached hydrogens (tertiary/aromatic N) is 2. The predicted molar refractivity (Wildman–Crippen MR) is 150 cm³/mol. The molecule has 0 amide bonds. The van der Waals surface area contributed by atoms with E-state index in [1.165, 1.54) is 5.56 Å². The van der Waals surface area contributed by atoms with Crippen LogP contribution < -0.4 is 0 Å². The van der Waals surface area contributed by atoms with Crippen LogP contribution in [0, 0.1) is 28.6 Å². The van der Waals surface area contributed by atoms with Gasteiger partial charge in [0.1, 0.15) is 23.5 Å². The van der Waals surface area contributed by atoms with Crippen molar-refractivity contribution < 1.29 is 5.11 Å². The van der Waals surface area contributed by atoms with Crippen LogP contribution in [0.5, 0.6) is 5.75 Å². The Labute approximate surface area is 221 Å². The lowest BCUT2D eigenvalue weighted by Crippen LogP contribution is -2.24. The SMILES string of the molecule is CC(C)(C)c1cc([C@H](c2ccccc2)[C@H]2CCc3ccccc3C2=C(C#N)C#N)cc(C(C)(C)C)c1O. The molecule has 0 spiro atoms. The van der Waals surface area contributed by atoms with Gasteiger partial charge in [0.05, 0.1) is 0 Å². The van der Waals surface area contributed by atoms with E-state index in [1.807, 2.05) is 36.4 Å². The van der Waals surface area contributed by atoms with Crippen LogP contribution >= 0.6 is 0 Å². The molecular formula is C34H36N2O. The average Bonchev–Trinajstić information content (AvgIpc) is 2.85. The molecule has 3 aromatic carbocycles. The average molecular weight is 489 g/mol. The number of hydrogen-bond donors (Lipinski definition) is 1. The molecular weight excluding hydrogens is 452 g/mol. The Morgan fingerprint density at radius 3 is 1.89 bits per heavy atom. The second-order valence-corrected chi connectivity index (χ2v) is 12.2. The Balaban J connectivity index is 2.07. The van der Waals surface area contributed by atoms with E-state index in [0.29, 0.717) is 5.75 Å². The number of hydrogen-bond acceptors (Lipinski definition) is 3. The molecule has 0 fully saturated rings. The van der Waals surface area contributed by atoms with Crippen LogP contribution in [0.25, 0.3) is 5.57 Å². The number of aromatic hydroxyl groups is 1. The molecule has 2 atom stereocenters. The highest BCUT2D eigenvalue weighted by Crippen LogP contribution is 2.50. The highest BCUT2D eigenvalue weighted by atomic mass is 16.3. The first-order chi connectivity index (χ1) is 17.5. The second kappa shape index (κ2) is 9.91. The van der Waals surface area contributed by atoms with Crippen molar-refractivity contribution in [3.05, 3.63) is 106 Å². The van der Waals surface area contributed by atoms with Crippen LogP contribution in [0.15, 0.2) is 72.3 Å². The quantitative estimate of drug-likeness (QED) is 0.378. The van der Waals surface area contributed by atoms with E-state index in [2.05, 4.69) is 84.0 Å². The molecule has 3 nitrogen and oxygen atoms in total. The second-order valence-electron chi connectivity index (χ2n) is 12.2. The van der Waals surface area contributed by atoms with Crippen LogP contribution in [0.1, 0.15) is 87.3 Å². The van der Waals surface area contributed by atoms with Crippen molar-refractivity contribution in [2.45, 2.75) is 71.1 Å². The molecule has 0 saturated heterocycles. The number of phenolic OH excluding ortho intramolecular Hbond substituents is 1. The van der Waals surface area contributed by atoms with Gasteiger partial charge in [-0.25, -0.2) is 0 Å². The molecule has 0 aliphatic heterocycles. The minimum atomic E-state index is -0.260. The van der Waals surface area contributed by atoms with Gasteiger partial charge in [-0.05, 0) is 68.5 Å². The zero-order valence-electron chi connectivity index (χ0n) is 22.8. The topological polar surface area (TPSA) is 67.8 Å². The third-order valence-electron chi connectivity index (χ3n) is 7.56. The lowest BCUT2D eigenvalue weighted by molar-refractivity contribution is 0.421. The minimum absolute atomic E-state index is 0.0585. The van der Waals surface area contributed by atoms with Crippen LogP contribution in [0.3, 0.4) is 0 Å². The molecule has 188 valence electrons. The first kappa shape index (κ1) is 26.2. The van der Waals surface area contributed by atoms with Crippen molar-refractivity contribution >= 4 is 5.57 Å². The summed E-state index contributed by atoms with van der Waals surface area (Å²) in [6.07, 6.45) is 1.71. The largest absolute Gasteiger partial charge is 0.507 e. The molecule has 1 aliphatic rings. The zero-order valence-corrected chi connectivity index (χ0v) is 22.8. The Morgan fingerprint density at radius 1 is 0.811 bits per heavy atom. The molecule has 1 N–H and O–H groups in total. The number of benzene rings is 3. The van der Waals surface area contributed by atoms with Crippen LogP contribution in [0.2, 0.25) is 0 Å². The summed E-state index contributed by atoms with van der Waals surface area (Å²) in [5, 5.41) is 31.4. The predicted octanol–water partition coefficient (Wildman–Crippen LogP) is 8.18. The summed E-state index contributed by atoms with van der Waals surface area (Å²) < 4.78 is 0. The van der Waals surface area contributed by atoms with E-state index >= 15 is 0 Å². The minimum Gasteiger partial charge on any atom is -0.507 e. The number of fused-ring (bicyclic) bond motifs is 1. The van der Waals surface area contributed by atoms with Crippen LogP contribution in [-0.4, -0.2) is 5.11 Å². The highest BCUT2D eigenvalue weighted by Gasteiger charge is 2.36. The summed E-state index contributed by atoms with van der Waals surface area (Å²) in [7, 11) is 0. The van der Waals surface area contributed by atoms with Gasteiger partial charge in [0.2, 0.25) is 0 Å². The molecule has 0 unspecified atom stereocenters. The summed E-state index contributed by atoms with van der Waals surface area (Å²) in [4.78, 5) is 0. The number of aryl methyl sites for hydroxylation is 1. The summed E-state index contributed by atoms with van der Waals surface area (Å²) in [5.41, 5.74) is 6.77. The summed E-state index contributed by atoms with van der Waals surface area (Å²) in [6, 6.07) is 27.3. The first-order valence-electron chi connectivity index (χ1n) is 13.0. The summed E-state index contributed by atoms with van der Waals surface area (Å²) >= 11 is 0. The van der Waals surface area contributed by atoms with E-state index in [1.54, 1.807) is 0 Å². The number of nitriles is 2. The van der Waals surface area contributed by atoms with Crippen molar-refractivity contribution in [3.8, 4) is 17.9 Å². The molecule has 1 aliphatic carbocycles. The smallest absolute Gasteiger partial charge is 0.133 e. The molecule has 0 bridgehead atoms. The van der Waals surface area contributed by atoms with Gasteiger partial charge in [0.15, 0.2) is 0 Å². The van der Waals surface area contributed by atoms with Crippen LogP contribution in [0.4, 0.5) is 0 Å². The lowest BCUT2D eigenvalue weighted by atomic mass is 9.66. The van der Waals surface area contributed by atoms with E-state index in [-0.39, 0.29) is 28.2 Å². The number of phenols is 1. The van der Waals surface area contributed by atoms with Gasteiger partial charge in [-0.2, -0.15) is 10.5 Å². The third-order valence-corrected chi connectivity index (χ3v) is 7.56. The van der Waals surface area contributed by atoms with Gasteiger partial charge in [0.25, 0.3) is 0 Å². The van der Waals surface area contributed by atoms with Gasteiger partial charge in [-0.15, -0.1) is 0 Å². The van der Waals surface area contributed by atoms with Crippen molar-refractivity contribution in [3.63, 3.8) is 0 Å². The number of rotatable bonds is 3. The normalized spacial score (nSPS) is 16.3. The van der Waals surface area contributed by atoms with E-state index in [0.717, 1.165) is 46.2 Å². The monoisotopic (exact) mass is 488 g/mol. The van der Waals surface area contributed by atoms with Crippen LogP contribution in [-0.2, 0) is 17.3 Å². The van der Waals surface area contributed by atoms with Gasteiger partial charge < -0.3 is 5.11 Å². The Kier molecular flexibility index (Phi) is 7.03. The standard InChI is InChI=1S/C34H36N2O/c1-33(2,3)28-18-24(19-29(32(28)37)34(4,5)6)30(23-13-8-7-9-14-23)27-17-16-22-12-10-11-15-26(22)31(27)25(20-35)21-36/h7-15,18-19,27,30,37H,16-17H2,1-6H3/t27-,30+/m1/s1. The van der Waals surface area contributed by atoms with Gasteiger partial charge in [-0.1, -0.05) is 108 Å². The maximum absolute atomic E-state index is 11.4. The molecule has 0 saturated carbocycles.